The van der Waals surface area contributed by atoms with E-state index in [1.807, 2.05) is 26.8 Å². The van der Waals surface area contributed by atoms with Crippen molar-refractivity contribution in [2.24, 2.45) is 5.92 Å². The van der Waals surface area contributed by atoms with Gasteiger partial charge in [-0.15, -0.1) is 0 Å². The molecule has 1 rings (SSSR count). The molecule has 0 aliphatic rings. The maximum absolute atomic E-state index is 13.3. The summed E-state index contributed by atoms with van der Waals surface area (Å²) in [6, 6.07) is 6.89. The van der Waals surface area contributed by atoms with Crippen LogP contribution < -0.4 is 5.32 Å². The monoisotopic (exact) mass is 250 g/mol. The number of hydrogen-bond donors (Lipinski definition) is 1. The lowest BCUT2D eigenvalue weighted by atomic mass is 9.88. The first kappa shape index (κ1) is 14.5. The molecule has 0 bridgehead atoms. The molecule has 0 radical (unpaired) electrons. The van der Waals surface area contributed by atoms with Crippen LogP contribution in [0.5, 0.6) is 0 Å². The number of hydrogen-bond acceptors (Lipinski definition) is 3. The van der Waals surface area contributed by atoms with Crippen LogP contribution in [0.15, 0.2) is 18.2 Å². The molecule has 1 aromatic carbocycles. The van der Waals surface area contributed by atoms with Gasteiger partial charge in [-0.25, -0.2) is 4.39 Å². The summed E-state index contributed by atoms with van der Waals surface area (Å²) in [6.45, 7) is 5.92. The number of rotatable bonds is 5. The smallest absolute Gasteiger partial charge is 0.151 e. The first-order valence-corrected chi connectivity index (χ1v) is 5.89. The molecule has 0 amide bonds. The first-order chi connectivity index (χ1) is 8.43. The molecule has 0 aliphatic heterocycles. The number of methoxy groups -OCH3 is 1. The fourth-order valence-electron chi connectivity index (χ4n) is 1.83. The van der Waals surface area contributed by atoms with Crippen molar-refractivity contribution in [1.29, 1.82) is 5.26 Å². The quantitative estimate of drug-likeness (QED) is 0.873. The summed E-state index contributed by atoms with van der Waals surface area (Å²) in [4.78, 5) is 0. The number of aryl methyl sites for hydroxylation is 1. The van der Waals surface area contributed by atoms with Gasteiger partial charge in [-0.3, -0.25) is 0 Å². The topological polar surface area (TPSA) is 45.0 Å². The molecule has 1 atom stereocenters. The molecule has 3 nitrogen and oxygen atoms in total. The molecule has 1 N–H and O–H groups in total. The summed E-state index contributed by atoms with van der Waals surface area (Å²) in [5, 5.41) is 12.5. The van der Waals surface area contributed by atoms with Gasteiger partial charge in [0.25, 0.3) is 0 Å². The van der Waals surface area contributed by atoms with E-state index in [-0.39, 0.29) is 18.3 Å². The second-order valence-electron chi connectivity index (χ2n) is 4.81. The standard InChI is InChI=1S/C14H19FN2O/c1-10(2)14(8-16,9-18-4)17-13-6-11(3)5-12(15)7-13/h5-7,10,17H,9H2,1-4H3. The number of nitriles is 1. The number of ether oxygens (including phenoxy) is 1. The van der Waals surface area contributed by atoms with Crippen molar-refractivity contribution in [3.63, 3.8) is 0 Å². The van der Waals surface area contributed by atoms with E-state index in [4.69, 9.17) is 4.74 Å². The second-order valence-corrected chi connectivity index (χ2v) is 4.81. The van der Waals surface area contributed by atoms with Crippen molar-refractivity contribution < 1.29 is 9.13 Å². The normalized spacial score (nSPS) is 14.1. The molecule has 0 saturated carbocycles. The molecule has 0 fully saturated rings. The van der Waals surface area contributed by atoms with Crippen LogP contribution >= 0.6 is 0 Å². The zero-order valence-corrected chi connectivity index (χ0v) is 11.2. The van der Waals surface area contributed by atoms with Crippen molar-refractivity contribution in [3.8, 4) is 6.07 Å². The Morgan fingerprint density at radius 2 is 2.11 bits per heavy atom. The number of nitrogens with zero attached hydrogens (tertiary/aromatic N) is 1. The van der Waals surface area contributed by atoms with Crippen molar-refractivity contribution in [3.05, 3.63) is 29.6 Å². The largest absolute Gasteiger partial charge is 0.381 e. The lowest BCUT2D eigenvalue weighted by Crippen LogP contribution is -2.46. The summed E-state index contributed by atoms with van der Waals surface area (Å²) in [6.07, 6.45) is 0. The summed E-state index contributed by atoms with van der Waals surface area (Å²) < 4.78 is 18.5. The van der Waals surface area contributed by atoms with E-state index in [0.717, 1.165) is 5.56 Å². The van der Waals surface area contributed by atoms with Crippen molar-refractivity contribution in [2.45, 2.75) is 26.3 Å². The highest BCUT2D eigenvalue weighted by atomic mass is 19.1. The molecular weight excluding hydrogens is 231 g/mol. The van der Waals surface area contributed by atoms with Crippen LogP contribution in [0.3, 0.4) is 0 Å². The summed E-state index contributed by atoms with van der Waals surface area (Å²) >= 11 is 0. The zero-order valence-electron chi connectivity index (χ0n) is 11.2. The highest BCUT2D eigenvalue weighted by molar-refractivity contribution is 5.50. The third-order valence-electron chi connectivity index (χ3n) is 2.97. The summed E-state index contributed by atoms with van der Waals surface area (Å²) in [7, 11) is 1.55. The fourth-order valence-corrected chi connectivity index (χ4v) is 1.83. The van der Waals surface area contributed by atoms with Crippen molar-refractivity contribution >= 4 is 5.69 Å². The summed E-state index contributed by atoms with van der Waals surface area (Å²) in [5.41, 5.74) is 0.555. The van der Waals surface area contributed by atoms with E-state index >= 15 is 0 Å². The van der Waals surface area contributed by atoms with Gasteiger partial charge in [-0.1, -0.05) is 13.8 Å². The average molecular weight is 250 g/mol. The molecule has 0 aliphatic carbocycles. The lowest BCUT2D eigenvalue weighted by molar-refractivity contribution is 0.144. The Bertz CT molecular complexity index is 433. The van der Waals surface area contributed by atoms with Crippen molar-refractivity contribution in [2.75, 3.05) is 19.0 Å². The van der Waals surface area contributed by atoms with Gasteiger partial charge < -0.3 is 10.1 Å². The van der Waals surface area contributed by atoms with E-state index in [2.05, 4.69) is 11.4 Å². The SMILES string of the molecule is COCC(C#N)(Nc1cc(C)cc(F)c1)C(C)C. The summed E-state index contributed by atoms with van der Waals surface area (Å²) in [5.74, 6) is -0.281. The van der Waals surface area contributed by atoms with Gasteiger partial charge in [0, 0.05) is 12.8 Å². The van der Waals surface area contributed by atoms with Crippen LogP contribution in [-0.4, -0.2) is 19.3 Å². The van der Waals surface area contributed by atoms with Gasteiger partial charge in [-0.2, -0.15) is 5.26 Å². The Labute approximate surface area is 108 Å². The molecule has 1 unspecified atom stereocenters. The molecule has 0 saturated heterocycles. The van der Waals surface area contributed by atoms with Gasteiger partial charge in [0.15, 0.2) is 5.54 Å². The van der Waals surface area contributed by atoms with E-state index in [0.29, 0.717) is 5.69 Å². The van der Waals surface area contributed by atoms with E-state index in [1.165, 1.54) is 12.1 Å². The van der Waals surface area contributed by atoms with Crippen LogP contribution in [0.4, 0.5) is 10.1 Å². The first-order valence-electron chi connectivity index (χ1n) is 5.89. The minimum Gasteiger partial charge on any atom is -0.381 e. The van der Waals surface area contributed by atoms with Gasteiger partial charge in [0.2, 0.25) is 0 Å². The molecule has 18 heavy (non-hydrogen) atoms. The Hall–Kier alpha value is -1.60. The maximum atomic E-state index is 13.3. The molecule has 0 heterocycles. The Balaban J connectivity index is 3.07. The van der Waals surface area contributed by atoms with Crippen molar-refractivity contribution in [1.82, 2.24) is 0 Å². The predicted molar refractivity (Wildman–Crippen MR) is 69.8 cm³/mol. The third kappa shape index (κ3) is 3.21. The van der Waals surface area contributed by atoms with E-state index < -0.39 is 5.54 Å². The van der Waals surface area contributed by atoms with Gasteiger partial charge in [-0.05, 0) is 36.6 Å². The molecule has 4 heteroatoms. The Kier molecular flexibility index (Phi) is 4.69. The highest BCUT2D eigenvalue weighted by Gasteiger charge is 2.34. The average Bonchev–Trinajstić information content (AvgIpc) is 2.26. The molecule has 0 aromatic heterocycles. The Morgan fingerprint density at radius 1 is 1.44 bits per heavy atom. The number of halogens is 1. The zero-order chi connectivity index (χ0) is 13.8. The van der Waals surface area contributed by atoms with E-state index in [9.17, 15) is 9.65 Å². The maximum Gasteiger partial charge on any atom is 0.151 e. The molecule has 0 spiro atoms. The fraction of sp³-hybridized carbons (Fsp3) is 0.500. The molecule has 1 aromatic rings. The third-order valence-corrected chi connectivity index (χ3v) is 2.97. The van der Waals surface area contributed by atoms with Crippen LogP contribution in [0.2, 0.25) is 0 Å². The van der Waals surface area contributed by atoms with Crippen LogP contribution in [-0.2, 0) is 4.74 Å². The van der Waals surface area contributed by atoms with Crippen LogP contribution in [0.25, 0.3) is 0 Å². The Morgan fingerprint density at radius 3 is 2.56 bits per heavy atom. The van der Waals surface area contributed by atoms with Gasteiger partial charge in [0.1, 0.15) is 5.82 Å². The number of anilines is 1. The van der Waals surface area contributed by atoms with Crippen LogP contribution in [0.1, 0.15) is 19.4 Å². The van der Waals surface area contributed by atoms with E-state index in [1.54, 1.807) is 7.11 Å². The highest BCUT2D eigenvalue weighted by Crippen LogP contribution is 2.24. The van der Waals surface area contributed by atoms with Crippen LogP contribution in [0, 0.1) is 30.0 Å². The van der Waals surface area contributed by atoms with Gasteiger partial charge >= 0.3 is 0 Å². The number of nitrogens with one attached hydrogen (secondary N) is 1. The lowest BCUT2D eigenvalue weighted by Gasteiger charge is -2.32. The minimum atomic E-state index is -0.852. The second kappa shape index (κ2) is 5.83. The number of benzene rings is 1. The molecular formula is C14H19FN2O. The minimum absolute atomic E-state index is 0.0334. The van der Waals surface area contributed by atoms with Gasteiger partial charge in [0.05, 0.1) is 12.7 Å². The molecule has 98 valence electrons. The predicted octanol–water partition coefficient (Wildman–Crippen LogP) is 3.11.